The van der Waals surface area contributed by atoms with E-state index in [1.807, 2.05) is 0 Å². The number of carbonyl (C=O) groups excluding carboxylic acids is 3. The maximum absolute atomic E-state index is 12.4. The van der Waals surface area contributed by atoms with Gasteiger partial charge in [-0.15, -0.1) is 0 Å². The van der Waals surface area contributed by atoms with Gasteiger partial charge in [0.2, 0.25) is 5.91 Å². The van der Waals surface area contributed by atoms with Gasteiger partial charge in [-0.3, -0.25) is 14.5 Å². The molecule has 2 amide bonds. The normalized spacial score (nSPS) is 13.1. The van der Waals surface area contributed by atoms with Gasteiger partial charge in [0.15, 0.2) is 6.61 Å². The molecule has 1 aliphatic heterocycles. The van der Waals surface area contributed by atoms with Crippen LogP contribution in [0.25, 0.3) is 6.08 Å². The van der Waals surface area contributed by atoms with Gasteiger partial charge in [0, 0.05) is 6.08 Å². The van der Waals surface area contributed by atoms with Crippen LogP contribution in [0.4, 0.5) is 11.4 Å². The molecule has 7 heteroatoms. The first-order valence-corrected chi connectivity index (χ1v) is 8.25. The van der Waals surface area contributed by atoms with Crippen LogP contribution in [0.15, 0.2) is 54.6 Å². The Morgan fingerprint density at radius 1 is 1.15 bits per heavy atom. The minimum atomic E-state index is -0.645. The zero-order chi connectivity index (χ0) is 19.2. The molecule has 0 aromatic heterocycles. The van der Waals surface area contributed by atoms with Gasteiger partial charge in [-0.2, -0.15) is 0 Å². The molecule has 0 radical (unpaired) electrons. The summed E-state index contributed by atoms with van der Waals surface area (Å²) >= 11 is 0. The van der Waals surface area contributed by atoms with Gasteiger partial charge in [-0.25, -0.2) is 4.79 Å². The number of para-hydroxylation sites is 2. The quantitative estimate of drug-likeness (QED) is 0.648. The SMILES string of the molecule is COc1ccc(C=CC(=O)OCC(=O)N2CC(=O)Nc3ccccc32)cc1. The van der Waals surface area contributed by atoms with Crippen molar-refractivity contribution in [3.05, 3.63) is 60.2 Å². The van der Waals surface area contributed by atoms with Crippen LogP contribution in [0.2, 0.25) is 0 Å². The maximum atomic E-state index is 12.4. The highest BCUT2D eigenvalue weighted by atomic mass is 16.5. The fourth-order valence-electron chi connectivity index (χ4n) is 2.59. The topological polar surface area (TPSA) is 84.9 Å². The molecule has 1 N–H and O–H groups in total. The van der Waals surface area contributed by atoms with Crippen LogP contribution in [0, 0.1) is 0 Å². The van der Waals surface area contributed by atoms with Crippen molar-refractivity contribution in [1.29, 1.82) is 0 Å². The molecule has 1 aliphatic rings. The molecule has 0 aliphatic carbocycles. The predicted octanol–water partition coefficient (Wildman–Crippen LogP) is 2.24. The Morgan fingerprint density at radius 3 is 2.63 bits per heavy atom. The molecule has 2 aromatic rings. The van der Waals surface area contributed by atoms with Crippen molar-refractivity contribution in [2.75, 3.05) is 30.5 Å². The fraction of sp³-hybridized carbons (Fsp3) is 0.150. The summed E-state index contributed by atoms with van der Waals surface area (Å²) in [5.74, 6) is -0.698. The van der Waals surface area contributed by atoms with Crippen LogP contribution >= 0.6 is 0 Å². The summed E-state index contributed by atoms with van der Waals surface area (Å²) in [6.07, 6.45) is 2.82. The number of rotatable bonds is 5. The summed E-state index contributed by atoms with van der Waals surface area (Å²) in [7, 11) is 1.57. The Hall–Kier alpha value is -3.61. The number of esters is 1. The van der Waals surface area contributed by atoms with E-state index in [2.05, 4.69) is 5.32 Å². The van der Waals surface area contributed by atoms with E-state index >= 15 is 0 Å². The standard InChI is InChI=1S/C20H18N2O5/c1-26-15-9-6-14(7-10-15)8-11-20(25)27-13-19(24)22-12-18(23)21-16-4-2-3-5-17(16)22/h2-11H,12-13H2,1H3,(H,21,23). The van der Waals surface area contributed by atoms with Crippen molar-refractivity contribution in [2.45, 2.75) is 0 Å². The second-order valence-corrected chi connectivity index (χ2v) is 5.76. The van der Waals surface area contributed by atoms with E-state index in [-0.39, 0.29) is 12.5 Å². The molecule has 138 valence electrons. The van der Waals surface area contributed by atoms with E-state index < -0.39 is 18.5 Å². The number of nitrogens with one attached hydrogen (secondary N) is 1. The number of ether oxygens (including phenoxy) is 2. The van der Waals surface area contributed by atoms with Crippen LogP contribution in [0.5, 0.6) is 5.75 Å². The summed E-state index contributed by atoms with van der Waals surface area (Å²) in [4.78, 5) is 37.3. The van der Waals surface area contributed by atoms with Gasteiger partial charge < -0.3 is 14.8 Å². The Morgan fingerprint density at radius 2 is 1.89 bits per heavy atom. The number of hydrogen-bond acceptors (Lipinski definition) is 5. The van der Waals surface area contributed by atoms with Crippen LogP contribution in [0.1, 0.15) is 5.56 Å². The first kappa shape index (κ1) is 18.2. The Balaban J connectivity index is 1.58. The molecule has 0 saturated heterocycles. The van der Waals surface area contributed by atoms with Crippen molar-refractivity contribution in [3.63, 3.8) is 0 Å². The molecule has 0 unspecified atom stereocenters. The largest absolute Gasteiger partial charge is 0.497 e. The van der Waals surface area contributed by atoms with Crippen molar-refractivity contribution in [3.8, 4) is 5.75 Å². The molecule has 0 fully saturated rings. The average Bonchev–Trinajstić information content (AvgIpc) is 2.70. The zero-order valence-electron chi connectivity index (χ0n) is 14.7. The van der Waals surface area contributed by atoms with E-state index in [0.29, 0.717) is 17.1 Å². The van der Waals surface area contributed by atoms with E-state index in [4.69, 9.17) is 9.47 Å². The first-order valence-electron chi connectivity index (χ1n) is 8.25. The molecule has 0 saturated carbocycles. The highest BCUT2D eigenvalue weighted by Crippen LogP contribution is 2.28. The Kier molecular flexibility index (Phi) is 5.51. The molecular weight excluding hydrogens is 348 g/mol. The zero-order valence-corrected chi connectivity index (χ0v) is 14.7. The van der Waals surface area contributed by atoms with Crippen molar-refractivity contribution in [1.82, 2.24) is 0 Å². The number of nitrogens with zero attached hydrogens (tertiary/aromatic N) is 1. The summed E-state index contributed by atoms with van der Waals surface area (Å²) in [6, 6.07) is 14.1. The summed E-state index contributed by atoms with van der Waals surface area (Å²) in [5, 5.41) is 2.70. The number of carbonyl (C=O) groups is 3. The van der Waals surface area contributed by atoms with Gasteiger partial charge in [-0.1, -0.05) is 24.3 Å². The smallest absolute Gasteiger partial charge is 0.331 e. The van der Waals surface area contributed by atoms with Crippen molar-refractivity contribution >= 4 is 35.2 Å². The number of amides is 2. The first-order chi connectivity index (χ1) is 13.1. The molecule has 1 heterocycles. The van der Waals surface area contributed by atoms with Crippen molar-refractivity contribution in [2.24, 2.45) is 0 Å². The van der Waals surface area contributed by atoms with Crippen LogP contribution in [0.3, 0.4) is 0 Å². The van der Waals surface area contributed by atoms with Crippen LogP contribution in [-0.4, -0.2) is 38.0 Å². The fourth-order valence-corrected chi connectivity index (χ4v) is 2.59. The molecule has 27 heavy (non-hydrogen) atoms. The average molecular weight is 366 g/mol. The highest BCUT2D eigenvalue weighted by Gasteiger charge is 2.26. The molecular formula is C20H18N2O5. The lowest BCUT2D eigenvalue weighted by molar-refractivity contribution is -0.143. The number of benzene rings is 2. The minimum Gasteiger partial charge on any atom is -0.497 e. The Labute approximate surface area is 156 Å². The van der Waals surface area contributed by atoms with Gasteiger partial charge in [0.05, 0.1) is 18.5 Å². The number of hydrogen-bond donors (Lipinski definition) is 1. The molecule has 0 atom stereocenters. The maximum Gasteiger partial charge on any atom is 0.331 e. The molecule has 0 spiro atoms. The molecule has 7 nitrogen and oxygen atoms in total. The predicted molar refractivity (Wildman–Crippen MR) is 100 cm³/mol. The van der Waals surface area contributed by atoms with Crippen molar-refractivity contribution < 1.29 is 23.9 Å². The summed E-state index contributed by atoms with van der Waals surface area (Å²) in [5.41, 5.74) is 1.92. The minimum absolute atomic E-state index is 0.116. The molecule has 3 rings (SSSR count). The molecule has 2 aromatic carbocycles. The van der Waals surface area contributed by atoms with E-state index in [1.54, 1.807) is 61.7 Å². The number of fused-ring (bicyclic) bond motifs is 1. The lowest BCUT2D eigenvalue weighted by atomic mass is 10.2. The third kappa shape index (κ3) is 4.52. The van der Waals surface area contributed by atoms with Crippen LogP contribution in [-0.2, 0) is 19.1 Å². The second-order valence-electron chi connectivity index (χ2n) is 5.76. The monoisotopic (exact) mass is 366 g/mol. The van der Waals surface area contributed by atoms with Gasteiger partial charge >= 0.3 is 5.97 Å². The van der Waals surface area contributed by atoms with Gasteiger partial charge in [-0.05, 0) is 35.9 Å². The third-order valence-corrected chi connectivity index (χ3v) is 3.94. The Bertz CT molecular complexity index is 890. The second kappa shape index (κ2) is 8.18. The lowest BCUT2D eigenvalue weighted by Gasteiger charge is -2.28. The lowest BCUT2D eigenvalue weighted by Crippen LogP contribution is -2.43. The third-order valence-electron chi connectivity index (χ3n) is 3.94. The summed E-state index contributed by atoms with van der Waals surface area (Å²) in [6.45, 7) is -0.567. The number of methoxy groups -OCH3 is 1. The molecule has 0 bridgehead atoms. The van der Waals surface area contributed by atoms with E-state index in [0.717, 1.165) is 5.56 Å². The van der Waals surface area contributed by atoms with Crippen LogP contribution < -0.4 is 15.0 Å². The van der Waals surface area contributed by atoms with Gasteiger partial charge in [0.1, 0.15) is 12.3 Å². The van der Waals surface area contributed by atoms with E-state index in [1.165, 1.54) is 11.0 Å². The number of anilines is 2. The van der Waals surface area contributed by atoms with E-state index in [9.17, 15) is 14.4 Å². The van der Waals surface area contributed by atoms with Gasteiger partial charge in [0.25, 0.3) is 5.91 Å². The highest BCUT2D eigenvalue weighted by molar-refractivity contribution is 6.10. The summed E-state index contributed by atoms with van der Waals surface area (Å²) < 4.78 is 10.1.